The van der Waals surface area contributed by atoms with Gasteiger partial charge < -0.3 is 0 Å². The van der Waals surface area contributed by atoms with Crippen molar-refractivity contribution in [2.45, 2.75) is 51.9 Å². The smallest absolute Gasteiger partial charge is 0.133 e. The van der Waals surface area contributed by atoms with Crippen molar-refractivity contribution in [1.82, 2.24) is 0 Å². The Bertz CT molecular complexity index is 783. The lowest BCUT2D eigenvalue weighted by Gasteiger charge is -2.19. The van der Waals surface area contributed by atoms with Crippen LogP contribution in [0, 0.1) is 5.92 Å². The predicted molar refractivity (Wildman–Crippen MR) is 115 cm³/mol. The number of hydrogen-bond donors (Lipinski definition) is 0. The van der Waals surface area contributed by atoms with Gasteiger partial charge in [0.05, 0.1) is 0 Å². The maximum Gasteiger partial charge on any atom is 0.133 e. The first kappa shape index (κ1) is 19.4. The number of aryl methyl sites for hydroxylation is 1. The Morgan fingerprint density at radius 3 is 2.26 bits per heavy atom. The van der Waals surface area contributed by atoms with E-state index in [-0.39, 0.29) is 0 Å². The molecule has 1 unspecified atom stereocenters. The zero-order valence-corrected chi connectivity index (χ0v) is 16.4. The Morgan fingerprint density at radius 2 is 1.56 bits per heavy atom. The van der Waals surface area contributed by atoms with E-state index in [0.29, 0.717) is 24.5 Å². The molecule has 1 heteroatoms. The number of ketones is 1. The van der Waals surface area contributed by atoms with Crippen molar-refractivity contribution in [3.05, 3.63) is 89.5 Å². The van der Waals surface area contributed by atoms with E-state index in [1.807, 2.05) is 6.07 Å². The largest absolute Gasteiger partial charge is 0.300 e. The van der Waals surface area contributed by atoms with Gasteiger partial charge in [-0.3, -0.25) is 4.79 Å². The molecular weight excluding hydrogens is 328 g/mol. The molecule has 0 aliphatic heterocycles. The van der Waals surface area contributed by atoms with E-state index in [2.05, 4.69) is 73.7 Å². The van der Waals surface area contributed by atoms with E-state index in [4.69, 9.17) is 0 Å². The fraction of sp³-hybridized carbons (Fsp3) is 0.346. The number of hydrogen-bond acceptors (Lipinski definition) is 1. The Hall–Kier alpha value is -2.41. The lowest BCUT2D eigenvalue weighted by Crippen LogP contribution is -2.06. The van der Waals surface area contributed by atoms with Crippen LogP contribution in [-0.2, 0) is 11.2 Å². The Kier molecular flexibility index (Phi) is 7.21. The third-order valence-electron chi connectivity index (χ3n) is 5.44. The van der Waals surface area contributed by atoms with Crippen LogP contribution < -0.4 is 0 Å². The van der Waals surface area contributed by atoms with E-state index in [1.54, 1.807) is 0 Å². The molecular formula is C26H30O. The Balaban J connectivity index is 1.48. The first-order valence-electron chi connectivity index (χ1n) is 10.3. The van der Waals surface area contributed by atoms with Crippen LogP contribution in [0.3, 0.4) is 0 Å². The molecule has 1 atom stereocenters. The topological polar surface area (TPSA) is 17.1 Å². The van der Waals surface area contributed by atoms with Gasteiger partial charge in [-0.15, -0.1) is 0 Å². The van der Waals surface area contributed by atoms with Crippen LogP contribution in [0.5, 0.6) is 0 Å². The predicted octanol–water partition coefficient (Wildman–Crippen LogP) is 6.80. The quantitative estimate of drug-likeness (QED) is 0.456. The van der Waals surface area contributed by atoms with Crippen molar-refractivity contribution >= 4 is 11.4 Å². The van der Waals surface area contributed by atoms with Gasteiger partial charge in [-0.05, 0) is 42.4 Å². The average molecular weight is 359 g/mol. The Labute approximate surface area is 163 Å². The van der Waals surface area contributed by atoms with E-state index < -0.39 is 0 Å². The van der Waals surface area contributed by atoms with E-state index in [0.717, 1.165) is 32.1 Å². The van der Waals surface area contributed by atoms with E-state index in [1.165, 1.54) is 22.3 Å². The normalized spacial score (nSPS) is 16.1. The fourth-order valence-electron chi connectivity index (χ4n) is 3.99. The van der Waals surface area contributed by atoms with Gasteiger partial charge in [-0.2, -0.15) is 0 Å². The molecule has 1 nitrogen and oxygen atoms in total. The molecule has 3 rings (SSSR count). The van der Waals surface area contributed by atoms with Gasteiger partial charge in [0.25, 0.3) is 0 Å². The van der Waals surface area contributed by atoms with Crippen molar-refractivity contribution in [3.8, 4) is 0 Å². The molecule has 2 aromatic rings. The fourth-order valence-corrected chi connectivity index (χ4v) is 3.99. The van der Waals surface area contributed by atoms with Gasteiger partial charge in [0, 0.05) is 18.8 Å². The summed E-state index contributed by atoms with van der Waals surface area (Å²) in [5, 5.41) is 0. The average Bonchev–Trinajstić information content (AvgIpc) is 3.11. The number of allylic oxidation sites excluding steroid dienone is 4. The van der Waals surface area contributed by atoms with Gasteiger partial charge in [0.1, 0.15) is 5.78 Å². The van der Waals surface area contributed by atoms with Crippen molar-refractivity contribution in [3.63, 3.8) is 0 Å². The van der Waals surface area contributed by atoms with Crippen LogP contribution in [0.4, 0.5) is 0 Å². The van der Waals surface area contributed by atoms with Crippen LogP contribution in [0.2, 0.25) is 0 Å². The zero-order chi connectivity index (χ0) is 18.9. The summed E-state index contributed by atoms with van der Waals surface area (Å²) in [7, 11) is 0. The summed E-state index contributed by atoms with van der Waals surface area (Å²) in [4.78, 5) is 12.4. The van der Waals surface area contributed by atoms with Crippen LogP contribution in [-0.4, -0.2) is 5.78 Å². The van der Waals surface area contributed by atoms with Gasteiger partial charge in [0.2, 0.25) is 0 Å². The second kappa shape index (κ2) is 10.1. The second-order valence-electron chi connectivity index (χ2n) is 7.45. The molecule has 0 fully saturated rings. The van der Waals surface area contributed by atoms with Gasteiger partial charge in [0.15, 0.2) is 0 Å². The lowest BCUT2D eigenvalue weighted by molar-refractivity contribution is -0.119. The minimum atomic E-state index is 0.398. The highest BCUT2D eigenvalue weighted by molar-refractivity contribution is 5.79. The first-order chi connectivity index (χ1) is 13.3. The zero-order valence-electron chi connectivity index (χ0n) is 16.4. The maximum absolute atomic E-state index is 12.4. The summed E-state index contributed by atoms with van der Waals surface area (Å²) in [6, 6.07) is 21.1. The molecule has 0 amide bonds. The molecule has 0 saturated carbocycles. The minimum absolute atomic E-state index is 0.398. The maximum atomic E-state index is 12.4. The van der Waals surface area contributed by atoms with Crippen LogP contribution in [0.15, 0.2) is 78.4 Å². The summed E-state index contributed by atoms with van der Waals surface area (Å²) < 4.78 is 0. The molecule has 27 heavy (non-hydrogen) atoms. The molecule has 0 aromatic heterocycles. The third-order valence-corrected chi connectivity index (χ3v) is 5.44. The minimum Gasteiger partial charge on any atom is -0.300 e. The highest BCUT2D eigenvalue weighted by atomic mass is 16.1. The summed E-state index contributed by atoms with van der Waals surface area (Å²) in [6.45, 7) is 2.24. The van der Waals surface area contributed by atoms with Crippen molar-refractivity contribution in [2.75, 3.05) is 0 Å². The molecule has 1 aliphatic carbocycles. The molecule has 0 saturated heterocycles. The van der Waals surface area contributed by atoms with Crippen molar-refractivity contribution in [1.29, 1.82) is 0 Å². The van der Waals surface area contributed by atoms with Crippen molar-refractivity contribution in [2.24, 2.45) is 5.92 Å². The number of Topliss-reactive ketones (excluding diaryl/α,β-unsaturated/α-hetero) is 1. The lowest BCUT2D eigenvalue weighted by atomic mass is 9.85. The summed E-state index contributed by atoms with van der Waals surface area (Å²) in [5.74, 6) is 0.879. The van der Waals surface area contributed by atoms with Crippen LogP contribution in [0.1, 0.15) is 56.6 Å². The molecule has 0 heterocycles. The van der Waals surface area contributed by atoms with Gasteiger partial charge in [-0.25, -0.2) is 0 Å². The SMILES string of the molecule is CCCC1C(CCC(=O)CCCc2ccccc2)=CC=C1c1ccccc1. The highest BCUT2D eigenvalue weighted by Gasteiger charge is 2.23. The number of carbonyl (C=O) groups is 1. The standard InChI is InChI=1S/C26H30O/c1-2-10-25-23(18-20-26(25)22-14-7-4-8-15-22)17-19-24(27)16-9-13-21-11-5-3-6-12-21/h3-8,11-12,14-15,18,20,25H,2,9-10,13,16-17,19H2,1H3. The molecule has 2 aromatic carbocycles. The number of benzene rings is 2. The van der Waals surface area contributed by atoms with E-state index >= 15 is 0 Å². The molecule has 0 N–H and O–H groups in total. The summed E-state index contributed by atoms with van der Waals surface area (Å²) in [5.41, 5.74) is 5.50. The summed E-state index contributed by atoms with van der Waals surface area (Å²) in [6.07, 6.45) is 11.1. The Morgan fingerprint density at radius 1 is 0.852 bits per heavy atom. The van der Waals surface area contributed by atoms with Crippen molar-refractivity contribution < 1.29 is 4.79 Å². The third kappa shape index (κ3) is 5.53. The van der Waals surface area contributed by atoms with E-state index in [9.17, 15) is 4.79 Å². The molecule has 0 bridgehead atoms. The van der Waals surface area contributed by atoms with Gasteiger partial charge in [-0.1, -0.05) is 91.7 Å². The molecule has 0 spiro atoms. The number of rotatable bonds is 10. The highest BCUT2D eigenvalue weighted by Crippen LogP contribution is 2.39. The monoisotopic (exact) mass is 358 g/mol. The van der Waals surface area contributed by atoms with Crippen LogP contribution >= 0.6 is 0 Å². The molecule has 140 valence electrons. The van der Waals surface area contributed by atoms with Crippen LogP contribution in [0.25, 0.3) is 5.57 Å². The summed E-state index contributed by atoms with van der Waals surface area (Å²) >= 11 is 0. The number of carbonyl (C=O) groups excluding carboxylic acids is 1. The second-order valence-corrected chi connectivity index (χ2v) is 7.45. The van der Waals surface area contributed by atoms with Gasteiger partial charge >= 0.3 is 0 Å². The molecule has 1 aliphatic rings. The first-order valence-corrected chi connectivity index (χ1v) is 10.3. The molecule has 0 radical (unpaired) electrons.